The van der Waals surface area contributed by atoms with E-state index in [-0.39, 0.29) is 11.9 Å². The minimum absolute atomic E-state index is 0.108. The molecule has 1 rings (SSSR count). The zero-order valence-corrected chi connectivity index (χ0v) is 11.6. The molecule has 1 aromatic rings. The zero-order chi connectivity index (χ0) is 14.1. The lowest BCUT2D eigenvalue weighted by molar-refractivity contribution is -0.118. The summed E-state index contributed by atoms with van der Waals surface area (Å²) in [6, 6.07) is 7.28. The van der Waals surface area contributed by atoms with Crippen molar-refractivity contribution in [1.29, 1.82) is 0 Å². The van der Waals surface area contributed by atoms with E-state index in [2.05, 4.69) is 16.0 Å². The molecule has 3 N–H and O–H groups in total. The average Bonchev–Trinajstić information content (AvgIpc) is 2.34. The first-order valence-corrected chi connectivity index (χ1v) is 6.46. The number of benzene rings is 1. The van der Waals surface area contributed by atoms with Gasteiger partial charge in [0.25, 0.3) is 0 Å². The van der Waals surface area contributed by atoms with Crippen LogP contribution in [-0.2, 0) is 11.2 Å². The number of urea groups is 1. The summed E-state index contributed by atoms with van der Waals surface area (Å²) in [4.78, 5) is 22.0. The predicted octanol–water partition coefficient (Wildman–Crippen LogP) is 1.32. The van der Waals surface area contributed by atoms with Crippen LogP contribution in [0.3, 0.4) is 0 Å². The van der Waals surface area contributed by atoms with Crippen LogP contribution in [0.5, 0.6) is 0 Å². The smallest absolute Gasteiger partial charge is 0.314 e. The minimum atomic E-state index is -0.243. The van der Waals surface area contributed by atoms with Crippen LogP contribution in [0, 0.1) is 0 Å². The molecule has 0 aromatic heterocycles. The van der Waals surface area contributed by atoms with Gasteiger partial charge in [0.1, 0.15) is 0 Å². The maximum atomic E-state index is 11.4. The monoisotopic (exact) mass is 283 g/mol. The van der Waals surface area contributed by atoms with E-state index >= 15 is 0 Å². The summed E-state index contributed by atoms with van der Waals surface area (Å²) in [7, 11) is 0. The van der Waals surface area contributed by atoms with Crippen LogP contribution in [0.1, 0.15) is 12.5 Å². The number of amides is 3. The molecule has 6 heteroatoms. The van der Waals surface area contributed by atoms with Gasteiger partial charge >= 0.3 is 6.03 Å². The van der Waals surface area contributed by atoms with Crippen LogP contribution in [0.2, 0.25) is 5.02 Å². The van der Waals surface area contributed by atoms with Crippen LogP contribution in [-0.4, -0.2) is 31.6 Å². The van der Waals surface area contributed by atoms with Gasteiger partial charge in [-0.3, -0.25) is 4.79 Å². The van der Waals surface area contributed by atoms with Gasteiger partial charge < -0.3 is 16.0 Å². The van der Waals surface area contributed by atoms with Gasteiger partial charge in [0.15, 0.2) is 0 Å². The maximum absolute atomic E-state index is 11.4. The van der Waals surface area contributed by atoms with E-state index in [1.54, 1.807) is 0 Å². The second-order valence-electron chi connectivity index (χ2n) is 4.05. The third-order valence-electron chi connectivity index (χ3n) is 2.37. The highest BCUT2D eigenvalue weighted by Crippen LogP contribution is 2.10. The molecule has 0 aliphatic heterocycles. The van der Waals surface area contributed by atoms with E-state index in [0.717, 1.165) is 12.0 Å². The van der Waals surface area contributed by atoms with E-state index in [1.807, 2.05) is 24.3 Å². The molecule has 0 fully saturated rings. The molecule has 3 amide bonds. The molecular formula is C13H18ClN3O2. The molecule has 5 nitrogen and oxygen atoms in total. The molecule has 1 aromatic carbocycles. The Morgan fingerprint density at radius 1 is 1.11 bits per heavy atom. The van der Waals surface area contributed by atoms with E-state index in [1.165, 1.54) is 6.92 Å². The summed E-state index contributed by atoms with van der Waals surface area (Å²) >= 11 is 5.86. The molecule has 104 valence electrons. The molecular weight excluding hydrogens is 266 g/mol. The first kappa shape index (κ1) is 15.3. The Hall–Kier alpha value is -1.75. The van der Waals surface area contributed by atoms with Crippen LogP contribution < -0.4 is 16.0 Å². The van der Waals surface area contributed by atoms with Gasteiger partial charge in [-0.25, -0.2) is 4.79 Å². The summed E-state index contributed by atoms with van der Waals surface area (Å²) in [5.74, 6) is -0.108. The highest BCUT2D eigenvalue weighted by atomic mass is 35.5. The number of carbonyl (C=O) groups excluding carboxylic acids is 2. The van der Waals surface area contributed by atoms with Crippen molar-refractivity contribution < 1.29 is 9.59 Å². The topological polar surface area (TPSA) is 70.2 Å². The van der Waals surface area contributed by atoms with Gasteiger partial charge in [-0.2, -0.15) is 0 Å². The first-order valence-electron chi connectivity index (χ1n) is 6.08. The largest absolute Gasteiger partial charge is 0.355 e. The summed E-state index contributed by atoms with van der Waals surface area (Å²) in [5, 5.41) is 8.66. The van der Waals surface area contributed by atoms with Crippen molar-refractivity contribution in [2.75, 3.05) is 19.6 Å². The molecule has 0 unspecified atom stereocenters. The molecule has 0 aliphatic carbocycles. The van der Waals surface area contributed by atoms with E-state index in [0.29, 0.717) is 24.7 Å². The number of halogens is 1. The molecule has 19 heavy (non-hydrogen) atoms. The fourth-order valence-corrected chi connectivity index (χ4v) is 1.70. The Morgan fingerprint density at radius 2 is 1.79 bits per heavy atom. The number of hydrogen-bond acceptors (Lipinski definition) is 2. The molecule has 0 heterocycles. The summed E-state index contributed by atoms with van der Waals surface area (Å²) in [6.07, 6.45) is 0.722. The van der Waals surface area contributed by atoms with Gasteiger partial charge in [0, 0.05) is 31.6 Å². The van der Waals surface area contributed by atoms with E-state index in [4.69, 9.17) is 11.6 Å². The Bertz CT molecular complexity index is 438. The maximum Gasteiger partial charge on any atom is 0.314 e. The van der Waals surface area contributed by atoms with E-state index in [9.17, 15) is 9.59 Å². The van der Waals surface area contributed by atoms with Crippen molar-refractivity contribution in [2.24, 2.45) is 0 Å². The highest BCUT2D eigenvalue weighted by molar-refractivity contribution is 6.30. The molecule has 0 radical (unpaired) electrons. The summed E-state index contributed by atoms with van der Waals surface area (Å²) in [5.41, 5.74) is 1.08. The van der Waals surface area contributed by atoms with Crippen molar-refractivity contribution in [2.45, 2.75) is 13.3 Å². The number of rotatable bonds is 6. The minimum Gasteiger partial charge on any atom is -0.355 e. The Balaban J connectivity index is 2.12. The van der Waals surface area contributed by atoms with Gasteiger partial charge in [-0.05, 0) is 24.1 Å². The van der Waals surface area contributed by atoms with E-state index < -0.39 is 0 Å². The number of nitrogens with one attached hydrogen (secondary N) is 3. The predicted molar refractivity (Wildman–Crippen MR) is 75.2 cm³/mol. The molecule has 0 saturated heterocycles. The Morgan fingerprint density at radius 3 is 2.47 bits per heavy atom. The summed E-state index contributed by atoms with van der Waals surface area (Å²) < 4.78 is 0. The Labute approximate surface area is 117 Å². The standard InChI is InChI=1S/C13H18ClN3O2/c1-10(18)15-7-8-17-13(19)16-6-5-11-3-2-4-12(14)9-11/h2-4,9H,5-8H2,1H3,(H,15,18)(H2,16,17,19). The summed E-state index contributed by atoms with van der Waals surface area (Å²) in [6.45, 7) is 2.80. The molecule has 0 saturated carbocycles. The zero-order valence-electron chi connectivity index (χ0n) is 10.8. The second kappa shape index (κ2) is 8.37. The molecule has 0 atom stereocenters. The van der Waals surface area contributed by atoms with Gasteiger partial charge in [0.05, 0.1) is 0 Å². The van der Waals surface area contributed by atoms with Crippen molar-refractivity contribution in [1.82, 2.24) is 16.0 Å². The van der Waals surface area contributed by atoms with Crippen molar-refractivity contribution in [3.05, 3.63) is 34.9 Å². The number of carbonyl (C=O) groups is 2. The van der Waals surface area contributed by atoms with Crippen molar-refractivity contribution >= 4 is 23.5 Å². The first-order chi connectivity index (χ1) is 9.08. The lowest BCUT2D eigenvalue weighted by Gasteiger charge is -2.08. The van der Waals surface area contributed by atoms with Crippen molar-refractivity contribution in [3.8, 4) is 0 Å². The third-order valence-corrected chi connectivity index (χ3v) is 2.61. The molecule has 0 bridgehead atoms. The fraction of sp³-hybridized carbons (Fsp3) is 0.385. The van der Waals surface area contributed by atoms with Crippen LogP contribution in [0.4, 0.5) is 4.79 Å². The lowest BCUT2D eigenvalue weighted by Crippen LogP contribution is -2.40. The second-order valence-corrected chi connectivity index (χ2v) is 4.48. The fourth-order valence-electron chi connectivity index (χ4n) is 1.49. The molecule has 0 spiro atoms. The number of hydrogen-bond donors (Lipinski definition) is 3. The molecule has 0 aliphatic rings. The van der Waals surface area contributed by atoms with Gasteiger partial charge in [-0.1, -0.05) is 23.7 Å². The SMILES string of the molecule is CC(=O)NCCNC(=O)NCCc1cccc(Cl)c1. The Kier molecular flexibility index (Phi) is 6.74. The quantitative estimate of drug-likeness (QED) is 0.689. The van der Waals surface area contributed by atoms with Crippen LogP contribution >= 0.6 is 11.6 Å². The van der Waals surface area contributed by atoms with Crippen LogP contribution in [0.15, 0.2) is 24.3 Å². The highest BCUT2D eigenvalue weighted by Gasteiger charge is 2.00. The van der Waals surface area contributed by atoms with Gasteiger partial charge in [0.2, 0.25) is 5.91 Å². The average molecular weight is 284 g/mol. The lowest BCUT2D eigenvalue weighted by atomic mass is 10.1. The normalized spacial score (nSPS) is 9.79. The van der Waals surface area contributed by atoms with Crippen LogP contribution in [0.25, 0.3) is 0 Å². The van der Waals surface area contributed by atoms with Gasteiger partial charge in [-0.15, -0.1) is 0 Å². The van der Waals surface area contributed by atoms with Crippen molar-refractivity contribution in [3.63, 3.8) is 0 Å². The third kappa shape index (κ3) is 7.31.